The molecule has 1 N–H and O–H groups in total. The summed E-state index contributed by atoms with van der Waals surface area (Å²) in [5, 5.41) is 11.7. The molecule has 0 saturated heterocycles. The molecule has 2 nitrogen and oxygen atoms in total. The fourth-order valence-electron chi connectivity index (χ4n) is 2.38. The molecule has 3 aromatic rings. The lowest BCUT2D eigenvalue weighted by atomic mass is 10.1. The summed E-state index contributed by atoms with van der Waals surface area (Å²) in [7, 11) is 0. The third kappa shape index (κ3) is 3.29. The molecule has 0 amide bonds. The molecular weight excluding hydrogens is 258 g/mol. The van der Waals surface area contributed by atoms with E-state index in [2.05, 4.69) is 41.4 Å². The molecule has 3 rings (SSSR count). The van der Waals surface area contributed by atoms with Gasteiger partial charge in [0.1, 0.15) is 5.75 Å². The third-order valence-electron chi connectivity index (χ3n) is 3.52. The van der Waals surface area contributed by atoms with Crippen LogP contribution >= 0.6 is 0 Å². The summed E-state index contributed by atoms with van der Waals surface area (Å²) in [6.07, 6.45) is 2.82. The number of benzene rings is 3. The first-order valence-corrected chi connectivity index (χ1v) is 7.08. The van der Waals surface area contributed by atoms with Gasteiger partial charge in [-0.3, -0.25) is 4.99 Å². The van der Waals surface area contributed by atoms with E-state index in [1.807, 2.05) is 24.4 Å². The fraction of sp³-hybridized carbons (Fsp3) is 0.105. The maximum atomic E-state index is 9.25. The van der Waals surface area contributed by atoms with Gasteiger partial charge in [-0.2, -0.15) is 0 Å². The number of phenolic OH excluding ortho intramolecular Hbond substituents is 1. The molecule has 0 heterocycles. The minimum Gasteiger partial charge on any atom is -0.508 e. The molecule has 0 aliphatic rings. The Morgan fingerprint density at radius 3 is 2.48 bits per heavy atom. The topological polar surface area (TPSA) is 32.6 Å². The predicted molar refractivity (Wildman–Crippen MR) is 88.2 cm³/mol. The van der Waals surface area contributed by atoms with Gasteiger partial charge in [0, 0.05) is 18.3 Å². The summed E-state index contributed by atoms with van der Waals surface area (Å²) in [5.74, 6) is 0.304. The number of hydrogen-bond donors (Lipinski definition) is 1. The van der Waals surface area contributed by atoms with Crippen LogP contribution in [-0.4, -0.2) is 17.9 Å². The molecule has 2 heteroatoms. The van der Waals surface area contributed by atoms with Crippen molar-refractivity contribution in [1.82, 2.24) is 0 Å². The van der Waals surface area contributed by atoms with E-state index in [0.717, 1.165) is 18.5 Å². The summed E-state index contributed by atoms with van der Waals surface area (Å²) < 4.78 is 0. The van der Waals surface area contributed by atoms with Crippen molar-refractivity contribution in [2.75, 3.05) is 6.54 Å². The van der Waals surface area contributed by atoms with Crippen LogP contribution in [0.15, 0.2) is 71.7 Å². The number of aliphatic imine (C=N–C) groups is 1. The van der Waals surface area contributed by atoms with Crippen LogP contribution in [0.5, 0.6) is 5.75 Å². The summed E-state index contributed by atoms with van der Waals surface area (Å²) >= 11 is 0. The Bertz CT molecular complexity index is 755. The van der Waals surface area contributed by atoms with Gasteiger partial charge in [0.05, 0.1) is 0 Å². The predicted octanol–water partition coefficient (Wildman–Crippen LogP) is 4.21. The molecule has 0 aliphatic heterocycles. The summed E-state index contributed by atoms with van der Waals surface area (Å²) in [4.78, 5) is 4.52. The number of hydrogen-bond acceptors (Lipinski definition) is 2. The van der Waals surface area contributed by atoms with Gasteiger partial charge in [0.25, 0.3) is 0 Å². The van der Waals surface area contributed by atoms with Crippen molar-refractivity contribution in [3.63, 3.8) is 0 Å². The van der Waals surface area contributed by atoms with Crippen molar-refractivity contribution in [3.05, 3.63) is 77.9 Å². The second kappa shape index (κ2) is 6.23. The van der Waals surface area contributed by atoms with Gasteiger partial charge in [0.2, 0.25) is 0 Å². The Kier molecular flexibility index (Phi) is 3.97. The van der Waals surface area contributed by atoms with Gasteiger partial charge in [-0.1, -0.05) is 54.6 Å². The molecule has 0 spiro atoms. The van der Waals surface area contributed by atoms with Crippen LogP contribution in [0, 0.1) is 0 Å². The lowest BCUT2D eigenvalue weighted by molar-refractivity contribution is 0.475. The van der Waals surface area contributed by atoms with E-state index >= 15 is 0 Å². The highest BCUT2D eigenvalue weighted by molar-refractivity contribution is 5.99. The molecule has 0 bridgehead atoms. The Morgan fingerprint density at radius 1 is 0.857 bits per heavy atom. The lowest BCUT2D eigenvalue weighted by Gasteiger charge is -2.01. The second-order valence-corrected chi connectivity index (χ2v) is 5.02. The standard InChI is InChI=1S/C19H17NO/c21-18-10-8-15(9-11-18)12-13-20-14-17-6-3-5-16-4-1-2-7-19(16)17/h1-11,14,21H,12-13H2. The van der Waals surface area contributed by atoms with Crippen molar-refractivity contribution >= 4 is 17.0 Å². The van der Waals surface area contributed by atoms with Crippen LogP contribution in [0.1, 0.15) is 11.1 Å². The molecule has 0 saturated carbocycles. The summed E-state index contributed by atoms with van der Waals surface area (Å²) in [6.45, 7) is 0.744. The number of aromatic hydroxyl groups is 1. The van der Waals surface area contributed by atoms with Gasteiger partial charge in [0.15, 0.2) is 0 Å². The van der Waals surface area contributed by atoms with E-state index < -0.39 is 0 Å². The molecule has 0 aliphatic carbocycles. The maximum Gasteiger partial charge on any atom is 0.115 e. The van der Waals surface area contributed by atoms with Crippen LogP contribution in [0.3, 0.4) is 0 Å². The van der Waals surface area contributed by atoms with Gasteiger partial charge in [-0.05, 0) is 34.9 Å². The molecule has 0 radical (unpaired) electrons. The van der Waals surface area contributed by atoms with E-state index in [4.69, 9.17) is 0 Å². The minimum atomic E-state index is 0.304. The first-order valence-electron chi connectivity index (χ1n) is 7.08. The van der Waals surface area contributed by atoms with E-state index in [0.29, 0.717) is 5.75 Å². The van der Waals surface area contributed by atoms with Crippen LogP contribution in [0.2, 0.25) is 0 Å². The average Bonchev–Trinajstić information content (AvgIpc) is 2.53. The van der Waals surface area contributed by atoms with Crippen LogP contribution in [0.25, 0.3) is 10.8 Å². The van der Waals surface area contributed by atoms with Crippen molar-refractivity contribution in [3.8, 4) is 5.75 Å². The molecule has 0 atom stereocenters. The first kappa shape index (κ1) is 13.4. The molecule has 104 valence electrons. The third-order valence-corrected chi connectivity index (χ3v) is 3.52. The minimum absolute atomic E-state index is 0.304. The van der Waals surface area contributed by atoms with Crippen molar-refractivity contribution < 1.29 is 5.11 Å². The highest BCUT2D eigenvalue weighted by Crippen LogP contribution is 2.17. The highest BCUT2D eigenvalue weighted by Gasteiger charge is 1.97. The van der Waals surface area contributed by atoms with E-state index in [-0.39, 0.29) is 0 Å². The molecule has 21 heavy (non-hydrogen) atoms. The van der Waals surface area contributed by atoms with Crippen molar-refractivity contribution in [2.24, 2.45) is 4.99 Å². The Hall–Kier alpha value is -2.61. The monoisotopic (exact) mass is 275 g/mol. The number of nitrogens with zero attached hydrogens (tertiary/aromatic N) is 1. The number of phenols is 1. The van der Waals surface area contributed by atoms with Crippen molar-refractivity contribution in [1.29, 1.82) is 0 Å². The largest absolute Gasteiger partial charge is 0.508 e. The molecule has 3 aromatic carbocycles. The van der Waals surface area contributed by atoms with Crippen LogP contribution in [0.4, 0.5) is 0 Å². The average molecular weight is 275 g/mol. The van der Waals surface area contributed by atoms with E-state index in [1.165, 1.54) is 16.3 Å². The summed E-state index contributed by atoms with van der Waals surface area (Å²) in [5.41, 5.74) is 2.33. The zero-order valence-electron chi connectivity index (χ0n) is 11.7. The smallest absolute Gasteiger partial charge is 0.115 e. The summed E-state index contributed by atoms with van der Waals surface area (Å²) in [6, 6.07) is 21.9. The highest BCUT2D eigenvalue weighted by atomic mass is 16.3. The quantitative estimate of drug-likeness (QED) is 0.711. The van der Waals surface area contributed by atoms with Crippen LogP contribution in [-0.2, 0) is 6.42 Å². The molecule has 0 fully saturated rings. The van der Waals surface area contributed by atoms with E-state index in [1.54, 1.807) is 12.1 Å². The van der Waals surface area contributed by atoms with Crippen molar-refractivity contribution in [2.45, 2.75) is 6.42 Å². The van der Waals surface area contributed by atoms with E-state index in [9.17, 15) is 5.11 Å². The lowest BCUT2D eigenvalue weighted by Crippen LogP contribution is -1.91. The van der Waals surface area contributed by atoms with Gasteiger partial charge in [-0.15, -0.1) is 0 Å². The zero-order chi connectivity index (χ0) is 14.5. The second-order valence-electron chi connectivity index (χ2n) is 5.02. The number of rotatable bonds is 4. The Morgan fingerprint density at radius 2 is 1.62 bits per heavy atom. The SMILES string of the molecule is Oc1ccc(CCN=Cc2cccc3ccccc23)cc1. The molecular formula is C19H17NO. The maximum absolute atomic E-state index is 9.25. The normalized spacial score (nSPS) is 11.2. The molecule has 0 aromatic heterocycles. The van der Waals surface area contributed by atoms with Gasteiger partial charge in [-0.25, -0.2) is 0 Å². The fourth-order valence-corrected chi connectivity index (χ4v) is 2.38. The van der Waals surface area contributed by atoms with Gasteiger partial charge >= 0.3 is 0 Å². The number of fused-ring (bicyclic) bond motifs is 1. The Labute approximate surface area is 124 Å². The zero-order valence-corrected chi connectivity index (χ0v) is 11.7. The first-order chi connectivity index (χ1) is 10.3. The van der Waals surface area contributed by atoms with Gasteiger partial charge < -0.3 is 5.11 Å². The molecule has 0 unspecified atom stereocenters. The van der Waals surface area contributed by atoms with Crippen LogP contribution < -0.4 is 0 Å². The Balaban J connectivity index is 1.69.